The number of carboxylic acid groups (broad SMARTS) is 1. The molecular weight excluding hydrogens is 1030 g/mol. The third kappa shape index (κ3) is 21.0. The highest BCUT2D eigenvalue weighted by Gasteiger charge is 2.35. The molecule has 1 aliphatic rings. The predicted molar refractivity (Wildman–Crippen MR) is 295 cm³/mol. The number of carbonyl (C=O) groups excluding carboxylic acids is 8. The van der Waals surface area contributed by atoms with Gasteiger partial charge in [-0.15, -0.1) is 0 Å². The van der Waals surface area contributed by atoms with Gasteiger partial charge in [0.2, 0.25) is 47.3 Å². The van der Waals surface area contributed by atoms with Gasteiger partial charge in [0.15, 0.2) is 11.9 Å². The van der Waals surface area contributed by atoms with Crippen molar-refractivity contribution >= 4 is 76.0 Å². The van der Waals surface area contributed by atoms with Gasteiger partial charge in [-0.2, -0.15) is 0 Å². The number of aromatic amines is 1. The quantitative estimate of drug-likeness (QED) is 0.0283. The third-order valence-corrected chi connectivity index (χ3v) is 12.9. The van der Waals surface area contributed by atoms with Crippen molar-refractivity contribution in [3.05, 3.63) is 108 Å². The number of nitrogens with two attached hydrogens (primary N) is 2. The van der Waals surface area contributed by atoms with Crippen molar-refractivity contribution < 1.29 is 53.0 Å². The van der Waals surface area contributed by atoms with E-state index in [-0.39, 0.29) is 102 Å². The predicted octanol–water partition coefficient (Wildman–Crippen LogP) is -1.12. The van der Waals surface area contributed by atoms with Crippen LogP contribution in [0.15, 0.2) is 91.1 Å². The second-order valence-corrected chi connectivity index (χ2v) is 19.2. The zero-order chi connectivity index (χ0) is 58.0. The van der Waals surface area contributed by atoms with Gasteiger partial charge in [-0.25, -0.2) is 4.79 Å². The molecule has 80 heavy (non-hydrogen) atoms. The van der Waals surface area contributed by atoms with E-state index in [9.17, 15) is 48.3 Å². The van der Waals surface area contributed by atoms with Crippen molar-refractivity contribution in [2.45, 2.75) is 120 Å². The van der Waals surface area contributed by atoms with Gasteiger partial charge in [0, 0.05) is 62.9 Å². The molecule has 1 unspecified atom stereocenters. The average molecular weight is 1110 g/mol. The molecule has 1 aromatic heterocycles. The molecular formula is C54H73N15O11. The Morgan fingerprint density at radius 3 is 1.94 bits per heavy atom. The Labute approximate surface area is 462 Å². The molecule has 5 rings (SSSR count). The van der Waals surface area contributed by atoms with Crippen molar-refractivity contribution in [1.82, 2.24) is 58.2 Å². The third-order valence-electron chi connectivity index (χ3n) is 12.9. The standard InChI is InChI=1S/C54H73N15O11/c1-32(70)63-38(19-10-25-60-53(55)56)46(72)65-40-22-23-45(71)59-24-12-21-41(52(78)79)66-50(76)43(28-35-29-62-37-18-9-8-17-36(35)37)68-47(73)39(20-11-26-61-54(57)58)64-49(75)42(27-33-13-4-2-5-14-33)67-51(77)44(69-48(40)74)31-80-30-34-15-6-3-7-16-34/h2-9,13-18,29,38-44,62H,10-12,19-28,30-31H2,1H3,(H,59,71)(H,63,70)(H,64,75)(H,65,72)(H,66,76)(H,67,77)(H,68,73)(H,69,74)(H,78,79)(H4,55,56,60)(H4,57,58,61)/t38-,39-,40-,41?,42+,43-,44-/m0/s1. The Hall–Kier alpha value is -9.07. The van der Waals surface area contributed by atoms with Gasteiger partial charge in [-0.3, -0.25) is 49.2 Å². The maximum atomic E-state index is 14.8. The molecule has 3 aromatic carbocycles. The molecule has 2 heterocycles. The lowest BCUT2D eigenvalue weighted by atomic mass is 10.0. The van der Waals surface area contributed by atoms with Crippen LogP contribution < -0.4 is 64.6 Å². The lowest BCUT2D eigenvalue weighted by Gasteiger charge is -2.28. The van der Waals surface area contributed by atoms with Gasteiger partial charge in [0.1, 0.15) is 42.3 Å². The highest BCUT2D eigenvalue weighted by molar-refractivity contribution is 5.98. The molecule has 26 heteroatoms. The summed E-state index contributed by atoms with van der Waals surface area (Å²) in [6, 6.07) is 14.7. The lowest BCUT2D eigenvalue weighted by molar-refractivity contribution is -0.142. The maximum Gasteiger partial charge on any atom is 0.326 e. The summed E-state index contributed by atoms with van der Waals surface area (Å²) in [5.74, 6) is -8.50. The number of amides is 8. The molecule has 1 aliphatic heterocycles. The number of ether oxygens (including phenoxy) is 1. The minimum Gasteiger partial charge on any atom is -0.480 e. The van der Waals surface area contributed by atoms with Crippen LogP contribution in [0.5, 0.6) is 0 Å². The number of nitrogens with one attached hydrogen (secondary N) is 13. The summed E-state index contributed by atoms with van der Waals surface area (Å²) in [5.41, 5.74) is 13.6. The van der Waals surface area contributed by atoms with Gasteiger partial charge in [0.05, 0.1) is 13.2 Å². The fourth-order valence-corrected chi connectivity index (χ4v) is 8.74. The summed E-state index contributed by atoms with van der Waals surface area (Å²) < 4.78 is 5.99. The number of H-pyrrole nitrogens is 1. The molecule has 7 atom stereocenters. The summed E-state index contributed by atoms with van der Waals surface area (Å²) in [6.07, 6.45) is 0.847. The Balaban J connectivity index is 1.55. The Morgan fingerprint density at radius 1 is 0.700 bits per heavy atom. The van der Waals surface area contributed by atoms with Crippen molar-refractivity contribution in [2.75, 3.05) is 26.2 Å². The van der Waals surface area contributed by atoms with Crippen LogP contribution in [0.3, 0.4) is 0 Å². The number of para-hydroxylation sites is 1. The molecule has 0 spiro atoms. The topological polar surface area (TPSA) is 419 Å². The number of hydrogen-bond donors (Lipinski definition) is 16. The molecule has 0 radical (unpaired) electrons. The number of carbonyl (C=O) groups is 9. The van der Waals surface area contributed by atoms with Crippen LogP contribution in [0.2, 0.25) is 0 Å². The van der Waals surface area contributed by atoms with Crippen molar-refractivity contribution in [2.24, 2.45) is 11.5 Å². The van der Waals surface area contributed by atoms with E-state index < -0.39 is 102 Å². The number of guanidine groups is 2. The number of hydrogen-bond acceptors (Lipinski definition) is 12. The van der Waals surface area contributed by atoms with Crippen LogP contribution in [-0.4, -0.2) is 144 Å². The van der Waals surface area contributed by atoms with E-state index >= 15 is 0 Å². The maximum absolute atomic E-state index is 14.8. The van der Waals surface area contributed by atoms with E-state index in [1.807, 2.05) is 18.2 Å². The molecule has 18 N–H and O–H groups in total. The molecule has 0 bridgehead atoms. The number of fused-ring (bicyclic) bond motifs is 1. The first-order valence-corrected chi connectivity index (χ1v) is 26.3. The van der Waals surface area contributed by atoms with Crippen LogP contribution in [0, 0.1) is 10.8 Å². The van der Waals surface area contributed by atoms with Crippen molar-refractivity contribution in [3.8, 4) is 0 Å². The van der Waals surface area contributed by atoms with E-state index in [0.29, 0.717) is 11.1 Å². The minimum absolute atomic E-state index is 0.0204. The van der Waals surface area contributed by atoms with Gasteiger partial charge < -0.3 is 79.5 Å². The van der Waals surface area contributed by atoms with Crippen LogP contribution in [0.4, 0.5) is 0 Å². The molecule has 4 aromatic rings. The highest BCUT2D eigenvalue weighted by Crippen LogP contribution is 2.20. The largest absolute Gasteiger partial charge is 0.480 e. The monoisotopic (exact) mass is 1110 g/mol. The van der Waals surface area contributed by atoms with E-state index in [2.05, 4.69) is 58.2 Å². The van der Waals surface area contributed by atoms with E-state index in [1.54, 1.807) is 72.9 Å². The number of aliphatic carboxylic acids is 1. The van der Waals surface area contributed by atoms with E-state index in [1.165, 1.54) is 6.92 Å². The molecule has 8 amide bonds. The fourth-order valence-electron chi connectivity index (χ4n) is 8.74. The van der Waals surface area contributed by atoms with Crippen LogP contribution in [-0.2, 0) is 67.3 Å². The summed E-state index contributed by atoms with van der Waals surface area (Å²) in [6.45, 7) is 0.881. The SMILES string of the molecule is CC(=O)N[C@@H](CCCNC(=N)N)C(=O)N[C@H]1CCC(=O)NCCCC(C(=O)O)NC(=O)[C@H](Cc2c[nH]c3ccccc23)NC(=O)[C@H](CCCNC(=N)N)NC(=O)[C@@H](Cc2ccccc2)NC(=O)[C@H](COCc2ccccc2)NC1=O. The van der Waals surface area contributed by atoms with Crippen LogP contribution >= 0.6 is 0 Å². The number of benzene rings is 3. The zero-order valence-corrected chi connectivity index (χ0v) is 44.5. The first-order valence-electron chi connectivity index (χ1n) is 26.3. The summed E-state index contributed by atoms with van der Waals surface area (Å²) in [4.78, 5) is 128. The van der Waals surface area contributed by atoms with Gasteiger partial charge in [-0.1, -0.05) is 78.9 Å². The second-order valence-electron chi connectivity index (χ2n) is 19.2. The average Bonchev–Trinajstić information content (AvgIpc) is 3.83. The Bertz CT molecular complexity index is 2780. The summed E-state index contributed by atoms with van der Waals surface area (Å²) in [7, 11) is 0. The molecule has 0 saturated carbocycles. The number of carboxylic acids is 1. The second kappa shape index (κ2) is 32.0. The molecule has 430 valence electrons. The molecule has 0 aliphatic carbocycles. The Kier molecular flexibility index (Phi) is 24.7. The number of rotatable bonds is 20. The number of aromatic nitrogens is 1. The highest BCUT2D eigenvalue weighted by atomic mass is 16.5. The van der Waals surface area contributed by atoms with Crippen LogP contribution in [0.1, 0.15) is 75.0 Å². The van der Waals surface area contributed by atoms with Crippen molar-refractivity contribution in [3.63, 3.8) is 0 Å². The molecule has 1 fully saturated rings. The first kappa shape index (κ1) is 61.8. The fraction of sp³-hybridized carbons (Fsp3) is 0.426. The lowest BCUT2D eigenvalue weighted by Crippen LogP contribution is -2.61. The van der Waals surface area contributed by atoms with Gasteiger partial charge in [-0.05, 0) is 67.7 Å². The smallest absolute Gasteiger partial charge is 0.326 e. The molecule has 26 nitrogen and oxygen atoms in total. The normalized spacial score (nSPS) is 20.5. The van der Waals surface area contributed by atoms with Gasteiger partial charge >= 0.3 is 5.97 Å². The van der Waals surface area contributed by atoms with E-state index in [4.69, 9.17) is 27.0 Å². The first-order chi connectivity index (χ1) is 38.4. The van der Waals surface area contributed by atoms with Crippen molar-refractivity contribution in [1.29, 1.82) is 10.8 Å². The zero-order valence-electron chi connectivity index (χ0n) is 44.5. The minimum atomic E-state index is -1.57. The summed E-state index contributed by atoms with van der Waals surface area (Å²) in [5, 5.41) is 52.6. The summed E-state index contributed by atoms with van der Waals surface area (Å²) >= 11 is 0. The molecule has 1 saturated heterocycles. The van der Waals surface area contributed by atoms with Crippen LogP contribution in [0.25, 0.3) is 10.9 Å². The van der Waals surface area contributed by atoms with E-state index in [0.717, 1.165) is 16.5 Å². The Morgan fingerprint density at radius 2 is 1.27 bits per heavy atom. The van der Waals surface area contributed by atoms with Gasteiger partial charge in [0.25, 0.3) is 0 Å².